The van der Waals surface area contributed by atoms with Gasteiger partial charge in [-0.1, -0.05) is 78.9 Å². The molecular weight excluding hydrogens is 522 g/mol. The molecule has 0 bridgehead atoms. The van der Waals surface area contributed by atoms with Crippen molar-refractivity contribution < 1.29 is 29.4 Å². The highest BCUT2D eigenvalue weighted by atomic mass is 16.7. The van der Waals surface area contributed by atoms with Gasteiger partial charge in [-0.3, -0.25) is 19.7 Å². The van der Waals surface area contributed by atoms with Crippen molar-refractivity contribution in [1.29, 1.82) is 0 Å². The molecule has 0 spiro atoms. The normalized spacial score (nSPS) is 18.7. The van der Waals surface area contributed by atoms with E-state index in [-0.39, 0.29) is 37.6 Å². The van der Waals surface area contributed by atoms with E-state index >= 15 is 0 Å². The Hall–Kier alpha value is -3.60. The summed E-state index contributed by atoms with van der Waals surface area (Å²) >= 11 is 0. The highest BCUT2D eigenvalue weighted by Crippen LogP contribution is 2.38. The fourth-order valence-electron chi connectivity index (χ4n) is 4.89. The fourth-order valence-corrected chi connectivity index (χ4v) is 4.89. The van der Waals surface area contributed by atoms with Crippen LogP contribution in [0.3, 0.4) is 0 Å². The number of carbonyl (C=O) groups excluding carboxylic acids is 2. The van der Waals surface area contributed by atoms with Crippen molar-refractivity contribution in [2.45, 2.75) is 63.9 Å². The van der Waals surface area contributed by atoms with Crippen LogP contribution in [0.1, 0.15) is 65.9 Å². The predicted molar refractivity (Wildman–Crippen MR) is 153 cm³/mol. The first-order valence-electron chi connectivity index (χ1n) is 13.9. The summed E-state index contributed by atoms with van der Waals surface area (Å²) in [4.78, 5) is 25.4. The van der Waals surface area contributed by atoms with Gasteiger partial charge in [0.2, 0.25) is 11.8 Å². The van der Waals surface area contributed by atoms with Crippen molar-refractivity contribution in [2.24, 2.45) is 0 Å². The lowest BCUT2D eigenvalue weighted by atomic mass is 9.99. The van der Waals surface area contributed by atoms with Crippen molar-refractivity contribution in [2.75, 3.05) is 13.6 Å². The molecule has 3 aromatic rings. The van der Waals surface area contributed by atoms with Gasteiger partial charge in [-0.05, 0) is 35.7 Å². The van der Waals surface area contributed by atoms with Crippen LogP contribution in [0.15, 0.2) is 78.9 Å². The molecule has 1 aliphatic heterocycles. The molecule has 41 heavy (non-hydrogen) atoms. The van der Waals surface area contributed by atoms with Crippen LogP contribution < -0.4 is 10.8 Å². The molecule has 0 aromatic heterocycles. The predicted octanol–water partition coefficient (Wildman–Crippen LogP) is 4.15. The van der Waals surface area contributed by atoms with Crippen LogP contribution in [0, 0.1) is 0 Å². The Kier molecular flexibility index (Phi) is 11.4. The maximum Gasteiger partial charge on any atom is 0.243 e. The Morgan fingerprint density at radius 1 is 0.854 bits per heavy atom. The van der Waals surface area contributed by atoms with Crippen molar-refractivity contribution in [3.8, 4) is 0 Å². The van der Waals surface area contributed by atoms with E-state index in [9.17, 15) is 14.7 Å². The van der Waals surface area contributed by atoms with E-state index in [1.54, 1.807) is 5.48 Å². The molecule has 9 nitrogen and oxygen atoms in total. The van der Waals surface area contributed by atoms with Crippen LogP contribution >= 0.6 is 0 Å². The van der Waals surface area contributed by atoms with Gasteiger partial charge < -0.3 is 19.9 Å². The van der Waals surface area contributed by atoms with Crippen molar-refractivity contribution in [1.82, 2.24) is 15.7 Å². The molecule has 3 aromatic carbocycles. The number of ether oxygens (including phenoxy) is 2. The summed E-state index contributed by atoms with van der Waals surface area (Å²) in [7, 11) is 2.09. The minimum atomic E-state index is -0.553. The Morgan fingerprint density at radius 2 is 1.51 bits per heavy atom. The largest absolute Gasteiger partial charge is 0.392 e. The second-order valence-electron chi connectivity index (χ2n) is 10.4. The van der Waals surface area contributed by atoms with Crippen LogP contribution in [0.2, 0.25) is 0 Å². The number of aliphatic hydroxyl groups excluding tert-OH is 1. The number of aliphatic hydroxyl groups is 1. The van der Waals surface area contributed by atoms with Crippen LogP contribution in [-0.4, -0.2) is 46.7 Å². The number of likely N-dealkylation sites (N-methyl/N-ethyl adjacent to an activating group) is 1. The molecule has 0 radical (unpaired) electrons. The average molecular weight is 562 g/mol. The summed E-state index contributed by atoms with van der Waals surface area (Å²) in [5.74, 6) is -0.661. The van der Waals surface area contributed by atoms with Crippen molar-refractivity contribution in [3.63, 3.8) is 0 Å². The first-order valence-corrected chi connectivity index (χ1v) is 13.9. The topological polar surface area (TPSA) is 120 Å². The van der Waals surface area contributed by atoms with Crippen LogP contribution in [0.4, 0.5) is 0 Å². The van der Waals surface area contributed by atoms with E-state index in [0.717, 1.165) is 35.3 Å². The van der Waals surface area contributed by atoms with E-state index < -0.39 is 12.2 Å². The molecule has 0 aliphatic carbocycles. The number of benzene rings is 3. The van der Waals surface area contributed by atoms with Crippen LogP contribution in [0.5, 0.6) is 0 Å². The number of hydrogen-bond acceptors (Lipinski definition) is 7. The standard InChI is InChI=1S/C32H39N3O6/c1-35(20-24-6-3-2-4-7-24)21-28-18-29(26-14-12-25(22-36)13-15-26)41-32(40-28)27-16-10-23(11-17-27)19-33-30(37)8-5-9-31(38)34-39/h2-4,6-7,10-17,28-29,32,36,39H,5,8-9,18-22H2,1H3,(H,33,37)(H,34,38). The molecule has 1 heterocycles. The van der Waals surface area contributed by atoms with Gasteiger partial charge in [0.1, 0.15) is 0 Å². The molecule has 1 aliphatic rings. The zero-order valence-electron chi connectivity index (χ0n) is 23.4. The van der Waals surface area contributed by atoms with E-state index in [2.05, 4.69) is 29.4 Å². The fraction of sp³-hybridized carbons (Fsp3) is 0.375. The SMILES string of the molecule is CN(Cc1ccccc1)CC1CC(c2ccc(CO)cc2)OC(c2ccc(CNC(=O)CCCC(=O)NO)cc2)O1. The van der Waals surface area contributed by atoms with Gasteiger partial charge in [0.25, 0.3) is 0 Å². The second-order valence-corrected chi connectivity index (χ2v) is 10.4. The number of hydroxylamine groups is 1. The van der Waals surface area contributed by atoms with Gasteiger partial charge in [-0.15, -0.1) is 0 Å². The zero-order valence-corrected chi connectivity index (χ0v) is 23.4. The monoisotopic (exact) mass is 561 g/mol. The van der Waals surface area contributed by atoms with Gasteiger partial charge >= 0.3 is 0 Å². The minimum Gasteiger partial charge on any atom is -0.392 e. The summed E-state index contributed by atoms with van der Waals surface area (Å²) in [6.07, 6.45) is 0.589. The summed E-state index contributed by atoms with van der Waals surface area (Å²) < 4.78 is 12.9. The van der Waals surface area contributed by atoms with Gasteiger partial charge in [-0.25, -0.2) is 5.48 Å². The second kappa shape index (κ2) is 15.4. The first-order chi connectivity index (χ1) is 19.9. The van der Waals surface area contributed by atoms with Crippen molar-refractivity contribution in [3.05, 3.63) is 107 Å². The average Bonchev–Trinajstić information content (AvgIpc) is 3.00. The molecule has 2 amide bonds. The van der Waals surface area contributed by atoms with E-state index in [4.69, 9.17) is 14.7 Å². The molecular formula is C32H39N3O6. The number of hydrogen-bond donors (Lipinski definition) is 4. The summed E-state index contributed by atoms with van der Waals surface area (Å²) in [5, 5.41) is 20.8. The summed E-state index contributed by atoms with van der Waals surface area (Å²) in [6, 6.07) is 26.0. The summed E-state index contributed by atoms with van der Waals surface area (Å²) in [6.45, 7) is 1.92. The molecule has 3 atom stereocenters. The number of nitrogens with one attached hydrogen (secondary N) is 2. The Balaban J connectivity index is 1.39. The van der Waals surface area contributed by atoms with E-state index in [1.807, 2.05) is 66.7 Å². The highest BCUT2D eigenvalue weighted by molar-refractivity contribution is 5.78. The van der Waals surface area contributed by atoms with E-state index in [1.165, 1.54) is 5.56 Å². The molecule has 0 saturated carbocycles. The summed E-state index contributed by atoms with van der Waals surface area (Å²) in [5.41, 5.74) is 6.53. The van der Waals surface area contributed by atoms with Gasteiger partial charge in [0, 0.05) is 44.5 Å². The lowest BCUT2D eigenvalue weighted by Gasteiger charge is -2.38. The molecule has 218 valence electrons. The zero-order chi connectivity index (χ0) is 29.0. The molecule has 1 saturated heterocycles. The highest BCUT2D eigenvalue weighted by Gasteiger charge is 2.32. The lowest BCUT2D eigenvalue weighted by molar-refractivity contribution is -0.252. The van der Waals surface area contributed by atoms with Gasteiger partial charge in [0.05, 0.1) is 18.8 Å². The molecule has 4 N–H and O–H groups in total. The Labute approximate surface area is 241 Å². The number of carbonyl (C=O) groups is 2. The first kappa shape index (κ1) is 30.4. The van der Waals surface area contributed by atoms with Gasteiger partial charge in [0.15, 0.2) is 6.29 Å². The maximum absolute atomic E-state index is 12.1. The molecule has 1 fully saturated rings. The van der Waals surface area contributed by atoms with Crippen LogP contribution in [-0.2, 0) is 38.8 Å². The quantitative estimate of drug-likeness (QED) is 0.183. The number of amides is 2. The third-order valence-electron chi connectivity index (χ3n) is 7.10. The van der Waals surface area contributed by atoms with Gasteiger partial charge in [-0.2, -0.15) is 0 Å². The number of nitrogens with zero attached hydrogens (tertiary/aromatic N) is 1. The van der Waals surface area contributed by atoms with Crippen LogP contribution in [0.25, 0.3) is 0 Å². The third-order valence-corrected chi connectivity index (χ3v) is 7.10. The Bertz CT molecular complexity index is 1240. The van der Waals surface area contributed by atoms with E-state index in [0.29, 0.717) is 19.4 Å². The maximum atomic E-state index is 12.1. The molecule has 9 heteroatoms. The minimum absolute atomic E-state index is 0.00187. The smallest absolute Gasteiger partial charge is 0.243 e. The molecule has 3 unspecified atom stereocenters. The third kappa shape index (κ3) is 9.48. The van der Waals surface area contributed by atoms with Crippen molar-refractivity contribution >= 4 is 11.8 Å². The number of rotatable bonds is 13. The lowest BCUT2D eigenvalue weighted by Crippen LogP contribution is -2.37. The molecule has 4 rings (SSSR count). The Morgan fingerprint density at radius 3 is 2.20 bits per heavy atom.